The minimum atomic E-state index is -4.13. The van der Waals surface area contributed by atoms with E-state index in [1.165, 1.54) is 11.0 Å². The van der Waals surface area contributed by atoms with Gasteiger partial charge in [0.1, 0.15) is 10.3 Å². The number of anilines is 1. The number of nitrogens with zero attached hydrogens (tertiary/aromatic N) is 2. The Kier molecular flexibility index (Phi) is 10.1. The van der Waals surface area contributed by atoms with Crippen molar-refractivity contribution in [1.29, 1.82) is 0 Å². The lowest BCUT2D eigenvalue weighted by molar-refractivity contribution is -0.128. The van der Waals surface area contributed by atoms with Crippen molar-refractivity contribution < 1.29 is 22.8 Å². The summed E-state index contributed by atoms with van der Waals surface area (Å²) < 4.78 is 29.5. The number of thiophene rings is 1. The minimum absolute atomic E-state index is 0.00289. The van der Waals surface area contributed by atoms with E-state index in [1.54, 1.807) is 37.4 Å². The number of benzene rings is 3. The summed E-state index contributed by atoms with van der Waals surface area (Å²) in [5, 5.41) is 5.51. The molecule has 3 N–H and O–H groups in total. The molecule has 0 aliphatic carbocycles. The number of carbonyl (C=O) groups is 3. The number of para-hydroxylation sites is 1. The quantitative estimate of drug-likeness (QED) is 0.221. The number of hydrogen-bond donors (Lipinski definition) is 3. The first kappa shape index (κ1) is 32.7. The zero-order chi connectivity index (χ0) is 32.8. The Bertz CT molecular complexity index is 1860. The number of sulfonamides is 1. The Morgan fingerprint density at radius 2 is 1.57 bits per heavy atom. The van der Waals surface area contributed by atoms with Gasteiger partial charge in [-0.15, -0.1) is 11.3 Å². The average molecular weight is 658 g/mol. The summed E-state index contributed by atoms with van der Waals surface area (Å²) in [7, 11) is -2.51. The molecule has 0 fully saturated rings. The molecular weight excluding hydrogens is 623 g/mol. The summed E-state index contributed by atoms with van der Waals surface area (Å²) in [6.07, 6.45) is -1.11. The Hall–Kier alpha value is -4.65. The summed E-state index contributed by atoms with van der Waals surface area (Å²) >= 11 is 1.00. The molecule has 4 aromatic rings. The van der Waals surface area contributed by atoms with Crippen LogP contribution in [0.5, 0.6) is 0 Å². The van der Waals surface area contributed by atoms with Crippen LogP contribution in [0.15, 0.2) is 106 Å². The van der Waals surface area contributed by atoms with E-state index in [0.29, 0.717) is 21.8 Å². The van der Waals surface area contributed by atoms with E-state index in [0.717, 1.165) is 22.5 Å². The molecule has 12 heteroatoms. The fourth-order valence-electron chi connectivity index (χ4n) is 5.06. The van der Waals surface area contributed by atoms with Crippen LogP contribution in [0.1, 0.15) is 46.6 Å². The largest absolute Gasteiger partial charge is 0.347 e. The second-order valence-corrected chi connectivity index (χ2v) is 14.4. The lowest BCUT2D eigenvalue weighted by Crippen LogP contribution is -2.53. The van der Waals surface area contributed by atoms with Gasteiger partial charge in [-0.25, -0.2) is 13.4 Å². The van der Waals surface area contributed by atoms with Gasteiger partial charge >= 0.3 is 0 Å². The zero-order valence-corrected chi connectivity index (χ0v) is 27.3. The van der Waals surface area contributed by atoms with E-state index >= 15 is 0 Å². The van der Waals surface area contributed by atoms with Gasteiger partial charge in [-0.3, -0.25) is 14.4 Å². The van der Waals surface area contributed by atoms with Crippen LogP contribution in [0.2, 0.25) is 0 Å². The second kappa shape index (κ2) is 14.2. The molecule has 46 heavy (non-hydrogen) atoms. The molecule has 0 bridgehead atoms. The van der Waals surface area contributed by atoms with Crippen LogP contribution in [-0.4, -0.2) is 51.1 Å². The van der Waals surface area contributed by atoms with Crippen molar-refractivity contribution in [3.8, 4) is 0 Å². The van der Waals surface area contributed by atoms with Crippen molar-refractivity contribution in [3.63, 3.8) is 0 Å². The van der Waals surface area contributed by atoms with Gasteiger partial charge in [0.25, 0.3) is 21.8 Å². The van der Waals surface area contributed by atoms with E-state index in [4.69, 9.17) is 4.99 Å². The van der Waals surface area contributed by atoms with Crippen LogP contribution in [0, 0.1) is 5.92 Å². The minimum Gasteiger partial charge on any atom is -0.347 e. The third-order valence-corrected chi connectivity index (χ3v) is 10.4. The van der Waals surface area contributed by atoms with Gasteiger partial charge in [0.2, 0.25) is 12.1 Å². The van der Waals surface area contributed by atoms with E-state index in [9.17, 15) is 22.8 Å². The predicted molar refractivity (Wildman–Crippen MR) is 179 cm³/mol. The predicted octanol–water partition coefficient (Wildman–Crippen LogP) is 4.33. The van der Waals surface area contributed by atoms with Gasteiger partial charge in [-0.1, -0.05) is 80.6 Å². The maximum absolute atomic E-state index is 13.7. The summed E-state index contributed by atoms with van der Waals surface area (Å²) in [5.41, 5.74) is 3.17. The number of aliphatic imine (C=N–C) groups is 1. The molecule has 10 nitrogen and oxygen atoms in total. The van der Waals surface area contributed by atoms with Crippen LogP contribution in [0.25, 0.3) is 0 Å². The van der Waals surface area contributed by atoms with Gasteiger partial charge in [-0.05, 0) is 42.7 Å². The molecule has 2 atom stereocenters. The second-order valence-electron chi connectivity index (χ2n) is 11.2. The average Bonchev–Trinajstić information content (AvgIpc) is 3.52. The highest BCUT2D eigenvalue weighted by Gasteiger charge is 2.34. The van der Waals surface area contributed by atoms with E-state index in [-0.39, 0.29) is 29.0 Å². The Labute approximate surface area is 272 Å². The molecule has 2 heterocycles. The number of nitrogens with one attached hydrogen (secondary N) is 3. The van der Waals surface area contributed by atoms with Gasteiger partial charge in [0.15, 0.2) is 0 Å². The molecule has 1 aliphatic rings. The van der Waals surface area contributed by atoms with Crippen molar-refractivity contribution in [1.82, 2.24) is 15.4 Å². The number of rotatable bonds is 11. The van der Waals surface area contributed by atoms with E-state index in [2.05, 4.69) is 15.4 Å². The summed E-state index contributed by atoms with van der Waals surface area (Å²) in [5.74, 6) is -1.45. The lowest BCUT2D eigenvalue weighted by Gasteiger charge is -2.24. The fraction of sp³-hybridized carbons (Fsp3) is 0.235. The van der Waals surface area contributed by atoms with Gasteiger partial charge in [-0.2, -0.15) is 4.72 Å². The lowest BCUT2D eigenvalue weighted by atomic mass is 10.0. The number of carbonyl (C=O) groups excluding carboxylic acids is 3. The third kappa shape index (κ3) is 7.58. The molecule has 238 valence electrons. The molecule has 2 unspecified atom stereocenters. The van der Waals surface area contributed by atoms with E-state index < -0.39 is 34.0 Å². The molecule has 0 radical (unpaired) electrons. The number of amides is 3. The summed E-state index contributed by atoms with van der Waals surface area (Å²) in [4.78, 5) is 46.6. The summed E-state index contributed by atoms with van der Waals surface area (Å²) in [6, 6.07) is 27.3. The van der Waals surface area contributed by atoms with Crippen molar-refractivity contribution in [2.24, 2.45) is 10.9 Å². The molecule has 1 aromatic heterocycles. The first-order chi connectivity index (χ1) is 22.0. The monoisotopic (exact) mass is 657 g/mol. The van der Waals surface area contributed by atoms with Gasteiger partial charge in [0.05, 0.1) is 17.9 Å². The first-order valence-corrected chi connectivity index (χ1v) is 17.1. The van der Waals surface area contributed by atoms with E-state index in [1.807, 2.05) is 74.5 Å². The number of benzodiazepines with no additional fused rings is 1. The number of likely N-dealkylation sites (N-methyl/N-ethyl adjacent to an activating group) is 1. The summed E-state index contributed by atoms with van der Waals surface area (Å²) in [6.45, 7) is 3.89. The molecule has 1 aliphatic heterocycles. The topological polar surface area (TPSA) is 137 Å². The van der Waals surface area contributed by atoms with Crippen LogP contribution in [0.3, 0.4) is 0 Å². The van der Waals surface area contributed by atoms with Crippen LogP contribution in [-0.2, 0) is 26.2 Å². The zero-order valence-electron chi connectivity index (χ0n) is 25.6. The maximum Gasteiger partial charge on any atom is 0.272 e. The smallest absolute Gasteiger partial charge is 0.272 e. The SMILES string of the molecule is CC(C)CC(NS(=O)(=O)c1ccc(CNC(=O)c2ccccc2)s1)C(=O)NC1N=C(c2ccccc2)c2ccccc2N(C)C1=O. The Morgan fingerprint density at radius 3 is 2.26 bits per heavy atom. The number of fused-ring (bicyclic) bond motifs is 1. The Balaban J connectivity index is 1.35. The normalized spacial score (nSPS) is 15.5. The van der Waals surface area contributed by atoms with Crippen LogP contribution in [0.4, 0.5) is 5.69 Å². The standard InChI is InChI=1S/C34H35N5O5S2/c1-22(2)20-27(38-46(43,44)29-19-18-25(45-29)21-35-32(40)24-14-8-5-9-15-24)33(41)37-31-34(42)39(3)28-17-11-10-16-26(28)30(36-31)23-12-6-4-7-13-23/h4-19,22,27,31,38H,20-21H2,1-3H3,(H,35,40)(H,37,41). The molecule has 0 spiro atoms. The van der Waals surface area contributed by atoms with Crippen molar-refractivity contribution in [2.75, 3.05) is 11.9 Å². The highest BCUT2D eigenvalue weighted by Crippen LogP contribution is 2.27. The molecule has 0 saturated heterocycles. The molecular formula is C34H35N5O5S2. The molecule has 0 saturated carbocycles. The molecule has 3 amide bonds. The van der Waals surface area contributed by atoms with Crippen molar-refractivity contribution in [3.05, 3.63) is 119 Å². The fourth-order valence-corrected chi connectivity index (χ4v) is 7.58. The third-order valence-electron chi connectivity index (χ3n) is 7.35. The molecule has 3 aromatic carbocycles. The van der Waals surface area contributed by atoms with Gasteiger partial charge < -0.3 is 15.5 Å². The van der Waals surface area contributed by atoms with Crippen molar-refractivity contribution >= 4 is 50.5 Å². The maximum atomic E-state index is 13.7. The first-order valence-electron chi connectivity index (χ1n) is 14.8. The van der Waals surface area contributed by atoms with Crippen LogP contribution >= 0.6 is 11.3 Å². The Morgan fingerprint density at radius 1 is 0.913 bits per heavy atom. The van der Waals surface area contributed by atoms with Crippen molar-refractivity contribution in [2.45, 2.75) is 43.2 Å². The highest BCUT2D eigenvalue weighted by atomic mass is 32.2. The van der Waals surface area contributed by atoms with Crippen LogP contribution < -0.4 is 20.3 Å². The highest BCUT2D eigenvalue weighted by molar-refractivity contribution is 7.91. The van der Waals surface area contributed by atoms with Gasteiger partial charge in [0, 0.05) is 28.6 Å². The number of hydrogen-bond acceptors (Lipinski definition) is 7. The molecule has 5 rings (SSSR count).